The predicted octanol–water partition coefficient (Wildman–Crippen LogP) is 4.53. The van der Waals surface area contributed by atoms with Crippen LogP contribution in [0.4, 0.5) is 0 Å². The number of phenols is 1. The van der Waals surface area contributed by atoms with E-state index in [1.165, 1.54) is 36.8 Å². The molecule has 3 aliphatic rings. The fraction of sp³-hybridized carbons (Fsp3) is 0.714. The molecule has 2 heteroatoms. The average molecular weight is 313 g/mol. The average Bonchev–Trinajstić information content (AvgIpc) is 2.83. The van der Waals surface area contributed by atoms with Gasteiger partial charge in [0.15, 0.2) is 0 Å². The third kappa shape index (κ3) is 1.97. The van der Waals surface area contributed by atoms with Gasteiger partial charge in [0.2, 0.25) is 0 Å². The molecule has 0 aromatic heterocycles. The van der Waals surface area contributed by atoms with Gasteiger partial charge in [0.05, 0.1) is 0 Å². The maximum atomic E-state index is 10.2. The van der Waals surface area contributed by atoms with Gasteiger partial charge in [-0.3, -0.25) is 0 Å². The lowest BCUT2D eigenvalue weighted by molar-refractivity contribution is 0.0118. The lowest BCUT2D eigenvalue weighted by Gasteiger charge is -2.57. The normalized spacial score (nSPS) is 42.0. The number of aryl methyl sites for hydroxylation is 2. The number of nitrogens with two attached hydrogens (primary N) is 1. The van der Waals surface area contributed by atoms with Gasteiger partial charge in [-0.25, -0.2) is 0 Å². The molecular formula is C21H31NO. The number of rotatable bonds is 1. The monoisotopic (exact) mass is 313 g/mol. The van der Waals surface area contributed by atoms with Crippen LogP contribution >= 0.6 is 0 Å². The molecule has 0 amide bonds. The summed E-state index contributed by atoms with van der Waals surface area (Å²) in [5.41, 5.74) is 11.5. The van der Waals surface area contributed by atoms with Gasteiger partial charge in [-0.1, -0.05) is 26.8 Å². The highest BCUT2D eigenvalue weighted by molar-refractivity contribution is 5.47. The van der Waals surface area contributed by atoms with Crippen molar-refractivity contribution >= 4 is 0 Å². The highest BCUT2D eigenvalue weighted by Crippen LogP contribution is 2.63. The summed E-state index contributed by atoms with van der Waals surface area (Å²) in [6.07, 6.45) is 8.18. The Hall–Kier alpha value is -1.02. The molecule has 1 aromatic carbocycles. The first-order valence-corrected chi connectivity index (χ1v) is 9.53. The van der Waals surface area contributed by atoms with Crippen LogP contribution in [0.1, 0.15) is 75.5 Å². The predicted molar refractivity (Wildman–Crippen MR) is 94.7 cm³/mol. The largest absolute Gasteiger partial charge is 0.508 e. The van der Waals surface area contributed by atoms with Crippen LogP contribution in [0.15, 0.2) is 12.1 Å². The zero-order chi connectivity index (χ0) is 16.4. The Balaban J connectivity index is 1.79. The highest BCUT2D eigenvalue weighted by Gasteiger charge is 2.59. The number of hydrogen-bond acceptors (Lipinski definition) is 2. The summed E-state index contributed by atoms with van der Waals surface area (Å²) in [5, 5.41) is 10.2. The van der Waals surface area contributed by atoms with Crippen molar-refractivity contribution in [3.05, 3.63) is 28.8 Å². The molecule has 5 atom stereocenters. The Kier molecular flexibility index (Phi) is 3.36. The molecule has 4 rings (SSSR count). The Morgan fingerprint density at radius 1 is 1.22 bits per heavy atom. The smallest absolute Gasteiger partial charge is 0.119 e. The number of phenolic OH excluding ortho intramolecular Hbond substituents is 1. The van der Waals surface area contributed by atoms with E-state index < -0.39 is 0 Å². The molecule has 2 saturated carbocycles. The summed E-state index contributed by atoms with van der Waals surface area (Å²) in [5.74, 6) is 2.43. The molecule has 2 nitrogen and oxygen atoms in total. The molecule has 126 valence electrons. The Bertz CT molecular complexity index is 639. The number of aromatic hydroxyl groups is 1. The van der Waals surface area contributed by atoms with Crippen molar-refractivity contribution in [1.82, 2.24) is 0 Å². The van der Waals surface area contributed by atoms with Crippen molar-refractivity contribution in [2.75, 3.05) is 0 Å². The second kappa shape index (κ2) is 4.99. The van der Waals surface area contributed by atoms with Gasteiger partial charge in [0, 0.05) is 11.5 Å². The van der Waals surface area contributed by atoms with E-state index in [4.69, 9.17) is 5.73 Å². The first-order chi connectivity index (χ1) is 10.9. The molecule has 0 bridgehead atoms. The van der Waals surface area contributed by atoms with Crippen LogP contribution in [0, 0.1) is 17.3 Å². The maximum absolute atomic E-state index is 10.2. The lowest BCUT2D eigenvalue weighted by Crippen LogP contribution is -2.61. The van der Waals surface area contributed by atoms with Crippen molar-refractivity contribution in [3.63, 3.8) is 0 Å². The number of benzene rings is 1. The number of fused-ring (bicyclic) bond motifs is 5. The van der Waals surface area contributed by atoms with Crippen LogP contribution in [0.3, 0.4) is 0 Å². The lowest BCUT2D eigenvalue weighted by atomic mass is 9.50. The van der Waals surface area contributed by atoms with Crippen LogP contribution < -0.4 is 5.73 Å². The fourth-order valence-electron chi connectivity index (χ4n) is 6.35. The third-order valence-corrected chi connectivity index (χ3v) is 8.00. The fourth-order valence-corrected chi connectivity index (χ4v) is 6.35. The van der Waals surface area contributed by atoms with E-state index in [9.17, 15) is 5.11 Å². The van der Waals surface area contributed by atoms with E-state index in [-0.39, 0.29) is 5.54 Å². The van der Waals surface area contributed by atoms with Crippen LogP contribution in [0.2, 0.25) is 0 Å². The molecule has 3 aliphatic carbocycles. The molecule has 2 fully saturated rings. The summed E-state index contributed by atoms with van der Waals surface area (Å²) in [6, 6.07) is 4.30. The van der Waals surface area contributed by atoms with Gasteiger partial charge in [0.25, 0.3) is 0 Å². The zero-order valence-corrected chi connectivity index (χ0v) is 14.9. The van der Waals surface area contributed by atoms with E-state index in [1.54, 1.807) is 0 Å². The van der Waals surface area contributed by atoms with E-state index in [0.717, 1.165) is 30.7 Å². The van der Waals surface area contributed by atoms with Crippen LogP contribution in [-0.4, -0.2) is 10.6 Å². The van der Waals surface area contributed by atoms with E-state index in [1.807, 2.05) is 6.07 Å². The van der Waals surface area contributed by atoms with Crippen molar-refractivity contribution in [3.8, 4) is 5.75 Å². The van der Waals surface area contributed by atoms with Gasteiger partial charge < -0.3 is 10.8 Å². The second-order valence-electron chi connectivity index (χ2n) is 8.77. The zero-order valence-electron chi connectivity index (χ0n) is 14.9. The first kappa shape index (κ1) is 15.5. The van der Waals surface area contributed by atoms with Gasteiger partial charge >= 0.3 is 0 Å². The Labute approximate surface area is 140 Å². The van der Waals surface area contributed by atoms with Crippen molar-refractivity contribution < 1.29 is 5.11 Å². The SMILES string of the molecule is CCc1cc2c(cc1O)CC[C@]1(N)C2CC[C@]2(C)C(C)CCC21. The summed E-state index contributed by atoms with van der Waals surface area (Å²) >= 11 is 0. The highest BCUT2D eigenvalue weighted by atomic mass is 16.3. The first-order valence-electron chi connectivity index (χ1n) is 9.53. The Morgan fingerprint density at radius 3 is 2.74 bits per heavy atom. The molecule has 3 N–H and O–H groups in total. The molecular weight excluding hydrogens is 282 g/mol. The van der Waals surface area contributed by atoms with Crippen LogP contribution in [-0.2, 0) is 12.8 Å². The maximum Gasteiger partial charge on any atom is 0.119 e. The van der Waals surface area contributed by atoms with Gasteiger partial charge in [-0.05, 0) is 85.0 Å². The third-order valence-electron chi connectivity index (χ3n) is 8.00. The molecule has 0 aliphatic heterocycles. The summed E-state index contributed by atoms with van der Waals surface area (Å²) in [4.78, 5) is 0. The summed E-state index contributed by atoms with van der Waals surface area (Å²) < 4.78 is 0. The standard InChI is InChI=1S/C21H31NO/c1-4-14-11-16-15(12-18(14)23)7-10-21(22)17(16)8-9-20(3)13(2)5-6-19(20)21/h11-13,17,19,23H,4-10,22H2,1-3H3/t13?,17?,19?,20-,21+/m1/s1. The van der Waals surface area contributed by atoms with Crippen LogP contribution in [0.5, 0.6) is 5.75 Å². The molecule has 0 radical (unpaired) electrons. The van der Waals surface area contributed by atoms with Gasteiger partial charge in [-0.2, -0.15) is 0 Å². The van der Waals surface area contributed by atoms with E-state index in [2.05, 4.69) is 26.8 Å². The minimum Gasteiger partial charge on any atom is -0.508 e. The molecule has 0 saturated heterocycles. The molecule has 3 unspecified atom stereocenters. The molecule has 0 spiro atoms. The molecule has 23 heavy (non-hydrogen) atoms. The van der Waals surface area contributed by atoms with Gasteiger partial charge in [-0.15, -0.1) is 0 Å². The van der Waals surface area contributed by atoms with Gasteiger partial charge in [0.1, 0.15) is 5.75 Å². The van der Waals surface area contributed by atoms with Crippen molar-refractivity contribution in [1.29, 1.82) is 0 Å². The minimum atomic E-state index is -0.0350. The molecule has 1 aromatic rings. The quantitative estimate of drug-likeness (QED) is 0.800. The molecule has 0 heterocycles. The minimum absolute atomic E-state index is 0.0350. The summed E-state index contributed by atoms with van der Waals surface area (Å²) in [7, 11) is 0. The van der Waals surface area contributed by atoms with E-state index >= 15 is 0 Å². The van der Waals surface area contributed by atoms with Crippen molar-refractivity contribution in [2.24, 2.45) is 23.0 Å². The topological polar surface area (TPSA) is 46.2 Å². The number of hydrogen-bond donors (Lipinski definition) is 2. The Morgan fingerprint density at radius 2 is 2.00 bits per heavy atom. The van der Waals surface area contributed by atoms with Crippen molar-refractivity contribution in [2.45, 2.75) is 77.2 Å². The second-order valence-corrected chi connectivity index (χ2v) is 8.77. The van der Waals surface area contributed by atoms with Crippen LogP contribution in [0.25, 0.3) is 0 Å². The summed E-state index contributed by atoms with van der Waals surface area (Å²) in [6.45, 7) is 7.06. The van der Waals surface area contributed by atoms with E-state index in [0.29, 0.717) is 23.0 Å².